The predicted octanol–water partition coefficient (Wildman–Crippen LogP) is 2.89. The number of amides is 1. The highest BCUT2D eigenvalue weighted by Gasteiger charge is 2.25. The quantitative estimate of drug-likeness (QED) is 0.702. The number of pyridine rings is 1. The number of aromatic nitrogens is 3. The Labute approximate surface area is 163 Å². The summed E-state index contributed by atoms with van der Waals surface area (Å²) in [4.78, 5) is 21.3. The van der Waals surface area contributed by atoms with Crippen LogP contribution in [0.2, 0.25) is 0 Å². The number of aryl methyl sites for hydroxylation is 2. The maximum absolute atomic E-state index is 13.6. The number of piperazine rings is 1. The second kappa shape index (κ2) is 7.42. The van der Waals surface area contributed by atoms with Crippen molar-refractivity contribution in [3.05, 3.63) is 65.7 Å². The molecule has 1 aliphatic rings. The van der Waals surface area contributed by atoms with Crippen molar-refractivity contribution in [2.75, 3.05) is 31.1 Å². The van der Waals surface area contributed by atoms with Crippen molar-refractivity contribution in [2.24, 2.45) is 7.05 Å². The first-order valence-electron chi connectivity index (χ1n) is 9.29. The highest BCUT2D eigenvalue weighted by Crippen LogP contribution is 2.23. The summed E-state index contributed by atoms with van der Waals surface area (Å²) in [6.07, 6.45) is 1.78. The third-order valence-electron chi connectivity index (χ3n) is 5.09. The summed E-state index contributed by atoms with van der Waals surface area (Å²) < 4.78 is 15.2. The molecule has 0 aliphatic carbocycles. The third kappa shape index (κ3) is 3.47. The zero-order chi connectivity index (χ0) is 19.7. The van der Waals surface area contributed by atoms with Gasteiger partial charge in [-0.25, -0.2) is 9.37 Å². The fraction of sp³-hybridized carbons (Fsp3) is 0.286. The number of benzene rings is 1. The SMILES string of the molecule is Cc1cc(-c2cc(C(=O)N3CCN(c4ccccn4)CC3)nn2C)ccc1F. The molecule has 28 heavy (non-hydrogen) atoms. The summed E-state index contributed by atoms with van der Waals surface area (Å²) in [6, 6.07) is 12.5. The molecule has 6 nitrogen and oxygen atoms in total. The minimum absolute atomic E-state index is 0.0821. The van der Waals surface area contributed by atoms with E-state index in [1.165, 1.54) is 6.07 Å². The van der Waals surface area contributed by atoms with Crippen LogP contribution in [0.15, 0.2) is 48.7 Å². The van der Waals surface area contributed by atoms with Gasteiger partial charge in [0.25, 0.3) is 5.91 Å². The standard InChI is InChI=1S/C21H22FN5O/c1-15-13-16(6-7-17(15)22)19-14-18(24-25(19)2)21(28)27-11-9-26(10-12-27)20-5-3-4-8-23-20/h3-8,13-14H,9-12H2,1-2H3. The van der Waals surface area contributed by atoms with E-state index in [9.17, 15) is 9.18 Å². The lowest BCUT2D eigenvalue weighted by molar-refractivity contribution is 0.0740. The van der Waals surface area contributed by atoms with Crippen molar-refractivity contribution >= 4 is 11.7 Å². The molecule has 0 bridgehead atoms. The van der Waals surface area contributed by atoms with Gasteiger partial charge < -0.3 is 9.80 Å². The minimum atomic E-state index is -0.243. The van der Waals surface area contributed by atoms with Crippen molar-refractivity contribution in [2.45, 2.75) is 6.92 Å². The van der Waals surface area contributed by atoms with Gasteiger partial charge in [0, 0.05) is 45.0 Å². The Balaban J connectivity index is 1.48. The number of anilines is 1. The molecule has 144 valence electrons. The van der Waals surface area contributed by atoms with Gasteiger partial charge in [-0.2, -0.15) is 5.10 Å². The van der Waals surface area contributed by atoms with Crippen LogP contribution in [-0.4, -0.2) is 51.8 Å². The molecule has 1 saturated heterocycles. The molecule has 0 saturated carbocycles. The van der Waals surface area contributed by atoms with E-state index in [2.05, 4.69) is 15.0 Å². The van der Waals surface area contributed by atoms with Gasteiger partial charge in [0.15, 0.2) is 5.69 Å². The largest absolute Gasteiger partial charge is 0.353 e. The first-order chi connectivity index (χ1) is 13.5. The van der Waals surface area contributed by atoms with Gasteiger partial charge in [0.05, 0.1) is 5.69 Å². The molecule has 1 aromatic carbocycles. The zero-order valence-corrected chi connectivity index (χ0v) is 16.0. The molecule has 1 fully saturated rings. The first-order valence-corrected chi connectivity index (χ1v) is 9.29. The van der Waals surface area contributed by atoms with E-state index >= 15 is 0 Å². The molecule has 3 heterocycles. The Morgan fingerprint density at radius 1 is 1.07 bits per heavy atom. The van der Waals surface area contributed by atoms with Crippen LogP contribution < -0.4 is 4.90 Å². The van der Waals surface area contributed by atoms with Gasteiger partial charge in [0.2, 0.25) is 0 Å². The zero-order valence-electron chi connectivity index (χ0n) is 16.0. The molecular weight excluding hydrogens is 357 g/mol. The van der Waals surface area contributed by atoms with E-state index in [0.717, 1.165) is 30.2 Å². The Hall–Kier alpha value is -3.22. The Bertz CT molecular complexity index is 993. The fourth-order valence-electron chi connectivity index (χ4n) is 3.49. The average molecular weight is 379 g/mol. The van der Waals surface area contributed by atoms with Crippen molar-refractivity contribution in [1.82, 2.24) is 19.7 Å². The summed E-state index contributed by atoms with van der Waals surface area (Å²) in [6.45, 7) is 4.44. The molecule has 0 atom stereocenters. The molecule has 3 aromatic rings. The predicted molar refractivity (Wildman–Crippen MR) is 106 cm³/mol. The van der Waals surface area contributed by atoms with Crippen molar-refractivity contribution < 1.29 is 9.18 Å². The maximum atomic E-state index is 13.6. The highest BCUT2D eigenvalue weighted by atomic mass is 19.1. The molecule has 2 aromatic heterocycles. The molecule has 0 N–H and O–H groups in total. The summed E-state index contributed by atoms with van der Waals surface area (Å²) in [5.74, 6) is 0.607. The lowest BCUT2D eigenvalue weighted by Crippen LogP contribution is -2.49. The van der Waals surface area contributed by atoms with Crippen molar-refractivity contribution in [3.8, 4) is 11.3 Å². The number of carbonyl (C=O) groups is 1. The van der Waals surface area contributed by atoms with Crippen LogP contribution in [0.4, 0.5) is 10.2 Å². The topological polar surface area (TPSA) is 54.3 Å². The van der Waals surface area contributed by atoms with E-state index in [0.29, 0.717) is 24.3 Å². The number of halogens is 1. The fourth-order valence-corrected chi connectivity index (χ4v) is 3.49. The smallest absolute Gasteiger partial charge is 0.274 e. The van der Waals surface area contributed by atoms with Gasteiger partial charge in [0.1, 0.15) is 11.6 Å². The van der Waals surface area contributed by atoms with Gasteiger partial charge in [-0.1, -0.05) is 6.07 Å². The van der Waals surface area contributed by atoms with E-state index in [1.807, 2.05) is 23.1 Å². The van der Waals surface area contributed by atoms with Crippen LogP contribution in [0.1, 0.15) is 16.1 Å². The summed E-state index contributed by atoms with van der Waals surface area (Å²) in [5.41, 5.74) is 2.61. The third-order valence-corrected chi connectivity index (χ3v) is 5.09. The van der Waals surface area contributed by atoms with Gasteiger partial charge >= 0.3 is 0 Å². The van der Waals surface area contributed by atoms with Crippen LogP contribution in [-0.2, 0) is 7.05 Å². The Kier molecular flexibility index (Phi) is 4.81. The molecular formula is C21H22FN5O. The molecule has 0 radical (unpaired) electrons. The lowest BCUT2D eigenvalue weighted by atomic mass is 10.1. The van der Waals surface area contributed by atoms with Crippen LogP contribution in [0.5, 0.6) is 0 Å². The molecule has 4 rings (SSSR count). The molecule has 1 aliphatic heterocycles. The van der Waals surface area contributed by atoms with E-state index in [4.69, 9.17) is 0 Å². The van der Waals surface area contributed by atoms with Gasteiger partial charge in [-0.15, -0.1) is 0 Å². The second-order valence-electron chi connectivity index (χ2n) is 6.97. The average Bonchev–Trinajstić information content (AvgIpc) is 3.12. The monoisotopic (exact) mass is 379 g/mol. The Morgan fingerprint density at radius 2 is 1.86 bits per heavy atom. The lowest BCUT2D eigenvalue weighted by Gasteiger charge is -2.35. The maximum Gasteiger partial charge on any atom is 0.274 e. The summed E-state index contributed by atoms with van der Waals surface area (Å²) in [7, 11) is 1.80. The highest BCUT2D eigenvalue weighted by molar-refractivity contribution is 5.93. The van der Waals surface area contributed by atoms with Crippen LogP contribution in [0.3, 0.4) is 0 Å². The molecule has 7 heteroatoms. The first kappa shape index (κ1) is 18.2. The number of carbonyl (C=O) groups excluding carboxylic acids is 1. The minimum Gasteiger partial charge on any atom is -0.353 e. The normalized spacial score (nSPS) is 14.4. The summed E-state index contributed by atoms with van der Waals surface area (Å²) in [5, 5.41) is 4.40. The number of hydrogen-bond acceptors (Lipinski definition) is 4. The molecule has 0 unspecified atom stereocenters. The van der Waals surface area contributed by atoms with Crippen LogP contribution in [0.25, 0.3) is 11.3 Å². The van der Waals surface area contributed by atoms with Gasteiger partial charge in [-0.3, -0.25) is 9.48 Å². The molecule has 0 spiro atoms. The van der Waals surface area contributed by atoms with Crippen molar-refractivity contribution in [1.29, 1.82) is 0 Å². The summed E-state index contributed by atoms with van der Waals surface area (Å²) >= 11 is 0. The van der Waals surface area contributed by atoms with Crippen LogP contribution >= 0.6 is 0 Å². The Morgan fingerprint density at radius 3 is 2.54 bits per heavy atom. The van der Waals surface area contributed by atoms with E-state index in [-0.39, 0.29) is 11.7 Å². The van der Waals surface area contributed by atoms with E-state index < -0.39 is 0 Å². The second-order valence-corrected chi connectivity index (χ2v) is 6.97. The number of hydrogen-bond donors (Lipinski definition) is 0. The van der Waals surface area contributed by atoms with Crippen LogP contribution in [0, 0.1) is 12.7 Å². The number of rotatable bonds is 3. The van der Waals surface area contributed by atoms with Crippen molar-refractivity contribution in [3.63, 3.8) is 0 Å². The molecule has 1 amide bonds. The van der Waals surface area contributed by atoms with Gasteiger partial charge in [-0.05, 0) is 48.9 Å². The van der Waals surface area contributed by atoms with E-state index in [1.54, 1.807) is 43.0 Å². The number of nitrogens with zero attached hydrogens (tertiary/aromatic N) is 5.